The van der Waals surface area contributed by atoms with Crippen LogP contribution in [0.3, 0.4) is 0 Å². The maximum atomic E-state index is 14.5. The van der Waals surface area contributed by atoms with Gasteiger partial charge in [-0.15, -0.1) is 0 Å². The van der Waals surface area contributed by atoms with Crippen LogP contribution < -0.4 is 5.32 Å². The highest BCUT2D eigenvalue weighted by molar-refractivity contribution is 9.10. The van der Waals surface area contributed by atoms with Crippen molar-refractivity contribution in [3.05, 3.63) is 34.1 Å². The van der Waals surface area contributed by atoms with Crippen LogP contribution in [0.5, 0.6) is 0 Å². The highest BCUT2D eigenvalue weighted by Crippen LogP contribution is 2.35. The number of halogens is 2. The molecule has 114 valence electrons. The molecule has 2 atom stereocenters. The fourth-order valence-corrected chi connectivity index (χ4v) is 2.86. The fourth-order valence-electron chi connectivity index (χ4n) is 2.48. The third kappa shape index (κ3) is 3.60. The van der Waals surface area contributed by atoms with Gasteiger partial charge in [0.05, 0.1) is 10.5 Å². The Morgan fingerprint density at radius 2 is 2.00 bits per heavy atom. The standard InChI is InChI=1S/C16H26BrFN2/c1-6-11-19-15(16(3,7-2)20(4)5)12-9-8-10-13(17)14(12)18/h8-10,15,19H,6-7,11H2,1-5H3. The molecule has 2 unspecified atom stereocenters. The minimum atomic E-state index is -0.164. The Morgan fingerprint density at radius 1 is 1.35 bits per heavy atom. The summed E-state index contributed by atoms with van der Waals surface area (Å²) in [6, 6.07) is 5.48. The summed E-state index contributed by atoms with van der Waals surface area (Å²) in [6.07, 6.45) is 1.96. The van der Waals surface area contributed by atoms with E-state index >= 15 is 0 Å². The van der Waals surface area contributed by atoms with Gasteiger partial charge in [0.25, 0.3) is 0 Å². The lowest BCUT2D eigenvalue weighted by Crippen LogP contribution is -2.51. The molecule has 0 aliphatic carbocycles. The average molecular weight is 345 g/mol. The molecule has 0 aromatic heterocycles. The van der Waals surface area contributed by atoms with Crippen LogP contribution in [0.2, 0.25) is 0 Å². The predicted molar refractivity (Wildman–Crippen MR) is 87.5 cm³/mol. The van der Waals surface area contributed by atoms with Crippen LogP contribution in [0, 0.1) is 5.82 Å². The Bertz CT molecular complexity index is 436. The molecule has 0 saturated carbocycles. The summed E-state index contributed by atoms with van der Waals surface area (Å²) in [4.78, 5) is 2.18. The van der Waals surface area contributed by atoms with Crippen LogP contribution in [-0.2, 0) is 0 Å². The lowest BCUT2D eigenvalue weighted by atomic mass is 9.83. The summed E-state index contributed by atoms with van der Waals surface area (Å²) in [5, 5.41) is 3.52. The molecule has 4 heteroatoms. The summed E-state index contributed by atoms with van der Waals surface area (Å²) >= 11 is 3.29. The molecule has 20 heavy (non-hydrogen) atoms. The Kier molecular flexibility index (Phi) is 6.62. The molecule has 0 radical (unpaired) electrons. The fraction of sp³-hybridized carbons (Fsp3) is 0.625. The third-order valence-electron chi connectivity index (χ3n) is 4.25. The SMILES string of the molecule is CCCNC(c1cccc(Br)c1F)C(C)(CC)N(C)C. The summed E-state index contributed by atoms with van der Waals surface area (Å²) in [5.41, 5.74) is 0.586. The zero-order chi connectivity index (χ0) is 15.3. The van der Waals surface area contributed by atoms with Gasteiger partial charge in [-0.1, -0.05) is 26.0 Å². The maximum absolute atomic E-state index is 14.5. The van der Waals surface area contributed by atoms with Crippen molar-refractivity contribution in [1.82, 2.24) is 10.2 Å². The molecule has 0 spiro atoms. The molecular weight excluding hydrogens is 319 g/mol. The number of benzene rings is 1. The first-order valence-corrected chi connectivity index (χ1v) is 8.02. The van der Waals surface area contributed by atoms with Crippen molar-refractivity contribution in [1.29, 1.82) is 0 Å². The second-order valence-electron chi connectivity index (χ2n) is 5.64. The van der Waals surface area contributed by atoms with Gasteiger partial charge in [0.2, 0.25) is 0 Å². The zero-order valence-electron chi connectivity index (χ0n) is 13.1. The Balaban J connectivity index is 3.27. The summed E-state index contributed by atoms with van der Waals surface area (Å²) < 4.78 is 15.0. The number of rotatable bonds is 7. The number of nitrogens with zero attached hydrogens (tertiary/aromatic N) is 1. The van der Waals surface area contributed by atoms with Crippen LogP contribution in [0.1, 0.15) is 45.2 Å². The summed E-state index contributed by atoms with van der Waals surface area (Å²) in [5.74, 6) is -0.164. The molecule has 1 N–H and O–H groups in total. The molecule has 0 aliphatic heterocycles. The van der Waals surface area contributed by atoms with Crippen molar-refractivity contribution < 1.29 is 4.39 Å². The summed E-state index contributed by atoms with van der Waals surface area (Å²) in [7, 11) is 4.11. The highest BCUT2D eigenvalue weighted by Gasteiger charge is 2.37. The van der Waals surface area contributed by atoms with Crippen molar-refractivity contribution in [3.8, 4) is 0 Å². The first-order chi connectivity index (χ1) is 9.38. The normalized spacial score (nSPS) is 16.2. The van der Waals surface area contributed by atoms with Crippen LogP contribution >= 0.6 is 15.9 Å². The molecule has 1 aromatic rings. The van der Waals surface area contributed by atoms with E-state index in [0.717, 1.165) is 24.9 Å². The van der Waals surface area contributed by atoms with Gasteiger partial charge in [-0.05, 0) is 62.4 Å². The molecule has 0 saturated heterocycles. The largest absolute Gasteiger partial charge is 0.308 e. The predicted octanol–water partition coefficient (Wildman–Crippen LogP) is 4.36. The van der Waals surface area contributed by atoms with E-state index in [1.165, 1.54) is 0 Å². The Hall–Kier alpha value is -0.450. The molecule has 0 aliphatic rings. The second-order valence-corrected chi connectivity index (χ2v) is 6.49. The van der Waals surface area contributed by atoms with E-state index in [1.54, 1.807) is 6.07 Å². The van der Waals surface area contributed by atoms with Crippen LogP contribution in [0.4, 0.5) is 4.39 Å². The van der Waals surface area contributed by atoms with E-state index in [1.807, 2.05) is 12.1 Å². The highest BCUT2D eigenvalue weighted by atomic mass is 79.9. The van der Waals surface area contributed by atoms with E-state index in [9.17, 15) is 4.39 Å². The number of hydrogen-bond donors (Lipinski definition) is 1. The first kappa shape index (κ1) is 17.6. The average Bonchev–Trinajstić information content (AvgIpc) is 2.42. The van der Waals surface area contributed by atoms with Gasteiger partial charge >= 0.3 is 0 Å². The van der Waals surface area contributed by atoms with Crippen molar-refractivity contribution in [2.75, 3.05) is 20.6 Å². The topological polar surface area (TPSA) is 15.3 Å². The molecule has 2 nitrogen and oxygen atoms in total. The van der Waals surface area contributed by atoms with Crippen molar-refractivity contribution in [2.45, 2.75) is 45.2 Å². The van der Waals surface area contributed by atoms with E-state index in [-0.39, 0.29) is 17.4 Å². The minimum absolute atomic E-state index is 0.0417. The van der Waals surface area contributed by atoms with Crippen LogP contribution in [-0.4, -0.2) is 31.1 Å². The van der Waals surface area contributed by atoms with Gasteiger partial charge in [0.15, 0.2) is 0 Å². The van der Waals surface area contributed by atoms with E-state index in [2.05, 4.69) is 61.0 Å². The van der Waals surface area contributed by atoms with E-state index in [0.29, 0.717) is 4.47 Å². The van der Waals surface area contributed by atoms with Gasteiger partial charge in [0.1, 0.15) is 5.82 Å². The van der Waals surface area contributed by atoms with Crippen molar-refractivity contribution >= 4 is 15.9 Å². The molecular formula is C16H26BrFN2. The van der Waals surface area contributed by atoms with Gasteiger partial charge in [0, 0.05) is 11.1 Å². The molecule has 0 heterocycles. The minimum Gasteiger partial charge on any atom is -0.308 e. The van der Waals surface area contributed by atoms with Crippen LogP contribution in [0.25, 0.3) is 0 Å². The molecule has 1 rings (SSSR count). The smallest absolute Gasteiger partial charge is 0.142 e. The first-order valence-electron chi connectivity index (χ1n) is 7.23. The summed E-state index contributed by atoms with van der Waals surface area (Å²) in [6.45, 7) is 7.33. The van der Waals surface area contributed by atoms with Gasteiger partial charge in [-0.25, -0.2) is 4.39 Å². The van der Waals surface area contributed by atoms with Gasteiger partial charge in [-0.2, -0.15) is 0 Å². The monoisotopic (exact) mass is 344 g/mol. The Labute approximate surface area is 130 Å². The van der Waals surface area contributed by atoms with E-state index in [4.69, 9.17) is 0 Å². The zero-order valence-corrected chi connectivity index (χ0v) is 14.7. The lowest BCUT2D eigenvalue weighted by Gasteiger charge is -2.43. The molecule has 1 aromatic carbocycles. The number of nitrogens with one attached hydrogen (secondary N) is 1. The second kappa shape index (κ2) is 7.53. The number of hydrogen-bond acceptors (Lipinski definition) is 2. The van der Waals surface area contributed by atoms with E-state index < -0.39 is 0 Å². The van der Waals surface area contributed by atoms with Gasteiger partial charge < -0.3 is 10.2 Å². The van der Waals surface area contributed by atoms with Crippen LogP contribution in [0.15, 0.2) is 22.7 Å². The van der Waals surface area contributed by atoms with Crippen molar-refractivity contribution in [3.63, 3.8) is 0 Å². The van der Waals surface area contributed by atoms with Gasteiger partial charge in [-0.3, -0.25) is 0 Å². The third-order valence-corrected chi connectivity index (χ3v) is 4.86. The molecule has 0 fully saturated rings. The number of likely N-dealkylation sites (N-methyl/N-ethyl adjacent to an activating group) is 1. The Morgan fingerprint density at radius 3 is 2.50 bits per heavy atom. The molecule has 0 bridgehead atoms. The van der Waals surface area contributed by atoms with Crippen molar-refractivity contribution in [2.24, 2.45) is 0 Å². The quantitative estimate of drug-likeness (QED) is 0.790. The molecule has 0 amide bonds. The lowest BCUT2D eigenvalue weighted by molar-refractivity contribution is 0.111. The maximum Gasteiger partial charge on any atom is 0.142 e.